The maximum atomic E-state index is 13.3. The first-order valence-electron chi connectivity index (χ1n) is 6.59. The monoisotopic (exact) mass is 353 g/mol. The number of benzene rings is 1. The number of hydrogen-bond acceptors (Lipinski definition) is 4. The summed E-state index contributed by atoms with van der Waals surface area (Å²) in [4.78, 5) is 12.0. The van der Waals surface area contributed by atoms with Crippen LogP contribution >= 0.6 is 12.4 Å². The first kappa shape index (κ1) is 20.6. The Morgan fingerprint density at radius 3 is 2.50 bits per heavy atom. The van der Waals surface area contributed by atoms with E-state index in [4.69, 9.17) is 0 Å². The van der Waals surface area contributed by atoms with Crippen LogP contribution in [-0.4, -0.2) is 40.2 Å². The van der Waals surface area contributed by atoms with Crippen molar-refractivity contribution >= 4 is 34.0 Å². The minimum Gasteiger partial charge on any atom is -0.351 e. The van der Waals surface area contributed by atoms with Gasteiger partial charge in [0, 0.05) is 13.1 Å². The van der Waals surface area contributed by atoms with Crippen molar-refractivity contribution in [3.05, 3.63) is 29.6 Å². The summed E-state index contributed by atoms with van der Waals surface area (Å²) >= 11 is 0. The Bertz CT molecular complexity index is 596. The van der Waals surface area contributed by atoms with Gasteiger partial charge in [0.2, 0.25) is 10.0 Å². The van der Waals surface area contributed by atoms with E-state index < -0.39 is 21.7 Å². The molecule has 0 aliphatic carbocycles. The van der Waals surface area contributed by atoms with Crippen LogP contribution in [0.5, 0.6) is 0 Å². The largest absolute Gasteiger partial charge is 0.351 e. The Balaban J connectivity index is 0.00000441. The third kappa shape index (κ3) is 7.58. The van der Waals surface area contributed by atoms with Crippen LogP contribution in [0, 0.1) is 5.82 Å². The van der Waals surface area contributed by atoms with Crippen molar-refractivity contribution < 1.29 is 17.6 Å². The molecule has 0 bridgehead atoms. The van der Waals surface area contributed by atoms with Crippen LogP contribution in [0.25, 0.3) is 0 Å². The van der Waals surface area contributed by atoms with Crippen molar-refractivity contribution in [2.45, 2.75) is 13.3 Å². The highest BCUT2D eigenvalue weighted by Crippen LogP contribution is 2.18. The number of rotatable bonds is 8. The van der Waals surface area contributed by atoms with E-state index in [1.165, 1.54) is 6.07 Å². The predicted octanol–water partition coefficient (Wildman–Crippen LogP) is 1.35. The second-order valence-corrected chi connectivity index (χ2v) is 6.32. The van der Waals surface area contributed by atoms with E-state index in [0.717, 1.165) is 31.4 Å². The van der Waals surface area contributed by atoms with Crippen LogP contribution in [0.2, 0.25) is 0 Å². The maximum Gasteiger partial charge on any atom is 0.253 e. The van der Waals surface area contributed by atoms with Gasteiger partial charge in [0.25, 0.3) is 5.91 Å². The highest BCUT2D eigenvalue weighted by Gasteiger charge is 2.14. The van der Waals surface area contributed by atoms with Crippen molar-refractivity contribution in [1.29, 1.82) is 0 Å². The predicted molar refractivity (Wildman–Crippen MR) is 87.6 cm³/mol. The minimum absolute atomic E-state index is 0. The molecule has 0 fully saturated rings. The molecule has 0 spiro atoms. The van der Waals surface area contributed by atoms with Gasteiger partial charge in [-0.25, -0.2) is 12.8 Å². The number of amides is 1. The molecule has 0 saturated carbocycles. The number of anilines is 1. The van der Waals surface area contributed by atoms with E-state index in [2.05, 4.69) is 15.4 Å². The summed E-state index contributed by atoms with van der Waals surface area (Å²) in [6.07, 6.45) is 1.95. The van der Waals surface area contributed by atoms with Gasteiger partial charge in [0.15, 0.2) is 0 Å². The molecule has 0 unspecified atom stereocenters. The van der Waals surface area contributed by atoms with Gasteiger partial charge in [-0.05, 0) is 31.2 Å². The van der Waals surface area contributed by atoms with Crippen LogP contribution in [0.1, 0.15) is 23.7 Å². The van der Waals surface area contributed by atoms with Crippen molar-refractivity contribution in [3.8, 4) is 0 Å². The molecule has 0 aromatic heterocycles. The fourth-order valence-electron chi connectivity index (χ4n) is 1.65. The Morgan fingerprint density at radius 2 is 1.91 bits per heavy atom. The summed E-state index contributed by atoms with van der Waals surface area (Å²) in [6.45, 7) is 3.83. The zero-order valence-corrected chi connectivity index (χ0v) is 14.1. The fourth-order valence-corrected chi connectivity index (χ4v) is 2.23. The maximum absolute atomic E-state index is 13.3. The molecule has 0 aliphatic heterocycles. The molecule has 0 heterocycles. The number of carbonyl (C=O) groups excluding carboxylic acids is 1. The van der Waals surface area contributed by atoms with Gasteiger partial charge in [-0.15, -0.1) is 12.4 Å². The number of carbonyl (C=O) groups is 1. The number of hydrogen-bond donors (Lipinski definition) is 3. The molecule has 1 rings (SSSR count). The van der Waals surface area contributed by atoms with E-state index in [-0.39, 0.29) is 23.7 Å². The summed E-state index contributed by atoms with van der Waals surface area (Å²) < 4.78 is 37.9. The zero-order valence-electron chi connectivity index (χ0n) is 12.5. The third-order valence-electron chi connectivity index (χ3n) is 2.54. The normalized spacial score (nSPS) is 10.7. The lowest BCUT2D eigenvalue weighted by atomic mass is 10.1. The third-order valence-corrected chi connectivity index (χ3v) is 3.13. The Labute approximate surface area is 136 Å². The molecule has 0 radical (unpaired) electrons. The van der Waals surface area contributed by atoms with Gasteiger partial charge < -0.3 is 10.6 Å². The molecule has 0 aliphatic rings. The second-order valence-electron chi connectivity index (χ2n) is 4.57. The lowest BCUT2D eigenvalue weighted by Crippen LogP contribution is -2.32. The van der Waals surface area contributed by atoms with Crippen molar-refractivity contribution in [2.24, 2.45) is 0 Å². The zero-order chi connectivity index (χ0) is 15.9. The molecule has 1 aromatic rings. The number of halogens is 2. The van der Waals surface area contributed by atoms with Crippen LogP contribution < -0.4 is 15.4 Å². The van der Waals surface area contributed by atoms with Crippen molar-refractivity contribution in [3.63, 3.8) is 0 Å². The number of sulfonamides is 1. The average molecular weight is 354 g/mol. The van der Waals surface area contributed by atoms with E-state index in [0.29, 0.717) is 13.1 Å². The van der Waals surface area contributed by atoms with Crippen molar-refractivity contribution in [2.75, 3.05) is 30.6 Å². The van der Waals surface area contributed by atoms with E-state index >= 15 is 0 Å². The van der Waals surface area contributed by atoms with Crippen molar-refractivity contribution in [1.82, 2.24) is 10.6 Å². The molecule has 9 heteroatoms. The van der Waals surface area contributed by atoms with Crippen LogP contribution in [0.4, 0.5) is 10.1 Å². The van der Waals surface area contributed by atoms with E-state index in [9.17, 15) is 17.6 Å². The van der Waals surface area contributed by atoms with E-state index in [1.54, 1.807) is 0 Å². The topological polar surface area (TPSA) is 87.3 Å². The quantitative estimate of drug-likeness (QED) is 0.616. The van der Waals surface area contributed by atoms with Gasteiger partial charge >= 0.3 is 0 Å². The summed E-state index contributed by atoms with van der Waals surface area (Å²) in [5, 5.41) is 5.71. The van der Waals surface area contributed by atoms with Crippen LogP contribution in [-0.2, 0) is 10.0 Å². The first-order valence-corrected chi connectivity index (χ1v) is 8.49. The van der Waals surface area contributed by atoms with Gasteiger partial charge in [-0.2, -0.15) is 0 Å². The smallest absolute Gasteiger partial charge is 0.253 e. The minimum atomic E-state index is -3.54. The summed E-state index contributed by atoms with van der Waals surface area (Å²) in [5.74, 6) is -1.14. The van der Waals surface area contributed by atoms with Gasteiger partial charge in [-0.1, -0.05) is 6.92 Å². The average Bonchev–Trinajstić information content (AvgIpc) is 2.39. The molecule has 0 saturated heterocycles. The van der Waals surface area contributed by atoms with Gasteiger partial charge in [0.1, 0.15) is 5.82 Å². The lowest BCUT2D eigenvalue weighted by Gasteiger charge is -2.11. The molecule has 6 nitrogen and oxygen atoms in total. The van der Waals surface area contributed by atoms with Crippen LogP contribution in [0.15, 0.2) is 18.2 Å². The molecule has 22 heavy (non-hydrogen) atoms. The lowest BCUT2D eigenvalue weighted by molar-refractivity contribution is 0.0954. The SMILES string of the molecule is CCCNCCNC(=O)c1cc(F)ccc1NS(C)(=O)=O.Cl. The van der Waals surface area contributed by atoms with Gasteiger partial charge in [-0.3, -0.25) is 9.52 Å². The molecule has 126 valence electrons. The standard InChI is InChI=1S/C13H20FN3O3S.ClH/c1-3-6-15-7-8-16-13(18)11-9-10(14)4-5-12(11)17-21(2,19)20;/h4-5,9,15,17H,3,6-8H2,1-2H3,(H,16,18);1H. The first-order chi connectivity index (χ1) is 9.83. The molecule has 1 aromatic carbocycles. The molecule has 1 amide bonds. The molecule has 0 atom stereocenters. The molecule has 3 N–H and O–H groups in total. The second kappa shape index (κ2) is 9.60. The summed E-state index contributed by atoms with van der Waals surface area (Å²) in [7, 11) is -3.54. The Kier molecular flexibility index (Phi) is 9.00. The Morgan fingerprint density at radius 1 is 1.23 bits per heavy atom. The number of nitrogens with one attached hydrogen (secondary N) is 3. The van der Waals surface area contributed by atoms with Crippen LogP contribution in [0.3, 0.4) is 0 Å². The summed E-state index contributed by atoms with van der Waals surface area (Å²) in [5.41, 5.74) is 0.00818. The highest BCUT2D eigenvalue weighted by atomic mass is 35.5. The van der Waals surface area contributed by atoms with E-state index in [1.807, 2.05) is 6.92 Å². The van der Waals surface area contributed by atoms with Gasteiger partial charge in [0.05, 0.1) is 17.5 Å². The molecular weight excluding hydrogens is 333 g/mol. The summed E-state index contributed by atoms with van der Waals surface area (Å²) in [6, 6.07) is 3.32. The molecular formula is C13H21ClFN3O3S. The highest BCUT2D eigenvalue weighted by molar-refractivity contribution is 7.92. The Hall–Kier alpha value is -1.38. The fraction of sp³-hybridized carbons (Fsp3) is 0.462.